The van der Waals surface area contributed by atoms with E-state index in [1.165, 1.54) is 12.1 Å². The summed E-state index contributed by atoms with van der Waals surface area (Å²) in [5.74, 6) is -0.394. The minimum absolute atomic E-state index is 0.0576. The number of allylic oxidation sites excluding steroid dienone is 2. The van der Waals surface area contributed by atoms with E-state index in [1.807, 2.05) is 104 Å². The zero-order chi connectivity index (χ0) is 33.3. The van der Waals surface area contributed by atoms with E-state index < -0.39 is 10.3 Å². The van der Waals surface area contributed by atoms with Gasteiger partial charge in [0.15, 0.2) is 11.6 Å². The standard InChI is InChI=1S/C41H24N4O4/c1-21-19-31-32(20-22(21)2)43-40-35(42-31)29-13-7-8-14-30(29)41(40)33-36(25-9-3-5-11-27(25)38(33)46)44(23-15-17-24(18-16-23)45(48)49)37-26-10-4-6-12-28(26)39(47)34(37)41/h3-20H,1-2H3. The topological polar surface area (TPSA) is 106 Å². The summed E-state index contributed by atoms with van der Waals surface area (Å²) in [6.07, 6.45) is 0. The van der Waals surface area contributed by atoms with Crippen LogP contribution in [0.5, 0.6) is 0 Å². The molecule has 2 heterocycles. The van der Waals surface area contributed by atoms with Crippen LogP contribution in [0.25, 0.3) is 33.7 Å². The molecule has 0 atom stereocenters. The minimum Gasteiger partial charge on any atom is -0.308 e. The van der Waals surface area contributed by atoms with Gasteiger partial charge in [0.2, 0.25) is 0 Å². The molecule has 0 bridgehead atoms. The number of benzene rings is 5. The fraction of sp³-hybridized carbons (Fsp3) is 0.0732. The van der Waals surface area contributed by atoms with Crippen LogP contribution in [-0.2, 0) is 5.41 Å². The quantitative estimate of drug-likeness (QED) is 0.139. The number of rotatable bonds is 2. The maximum atomic E-state index is 15.1. The molecule has 8 nitrogen and oxygen atoms in total. The second kappa shape index (κ2) is 9.29. The number of fused-ring (bicyclic) bond motifs is 12. The fourth-order valence-corrected chi connectivity index (χ4v) is 8.32. The number of nitrogens with zero attached hydrogens (tertiary/aromatic N) is 4. The van der Waals surface area contributed by atoms with Crippen molar-refractivity contribution in [2.45, 2.75) is 19.3 Å². The van der Waals surface area contributed by atoms with E-state index >= 15 is 9.59 Å². The summed E-state index contributed by atoms with van der Waals surface area (Å²) < 4.78 is 0. The summed E-state index contributed by atoms with van der Waals surface area (Å²) in [4.78, 5) is 54.0. The third-order valence-electron chi connectivity index (χ3n) is 10.5. The van der Waals surface area contributed by atoms with Gasteiger partial charge in [0, 0.05) is 56.8 Å². The van der Waals surface area contributed by atoms with Crippen molar-refractivity contribution in [2.75, 3.05) is 4.90 Å². The number of non-ortho nitro benzene ring substituents is 1. The molecule has 1 aliphatic heterocycles. The molecule has 0 radical (unpaired) electrons. The molecule has 232 valence electrons. The van der Waals surface area contributed by atoms with Gasteiger partial charge < -0.3 is 4.90 Å². The Hall–Kier alpha value is -6.54. The molecule has 6 aromatic rings. The molecule has 0 amide bonds. The highest BCUT2D eigenvalue weighted by molar-refractivity contribution is 6.35. The third kappa shape index (κ3) is 3.27. The normalized spacial score (nSPS) is 16.2. The average molecular weight is 637 g/mol. The van der Waals surface area contributed by atoms with Gasteiger partial charge in [-0.05, 0) is 54.8 Å². The summed E-state index contributed by atoms with van der Waals surface area (Å²) >= 11 is 0. The Morgan fingerprint density at radius 1 is 0.633 bits per heavy atom. The van der Waals surface area contributed by atoms with Crippen LogP contribution in [0.3, 0.4) is 0 Å². The number of hydrogen-bond acceptors (Lipinski definition) is 7. The maximum Gasteiger partial charge on any atom is 0.269 e. The Morgan fingerprint density at radius 2 is 1.12 bits per heavy atom. The smallest absolute Gasteiger partial charge is 0.269 e. The zero-order valence-electron chi connectivity index (χ0n) is 26.3. The van der Waals surface area contributed by atoms with E-state index in [1.54, 1.807) is 12.1 Å². The zero-order valence-corrected chi connectivity index (χ0v) is 26.3. The molecule has 5 aromatic carbocycles. The fourth-order valence-electron chi connectivity index (χ4n) is 8.32. The Morgan fingerprint density at radius 3 is 1.67 bits per heavy atom. The highest BCUT2D eigenvalue weighted by atomic mass is 16.6. The van der Waals surface area contributed by atoms with Crippen LogP contribution in [0, 0.1) is 24.0 Å². The van der Waals surface area contributed by atoms with Crippen LogP contribution in [0.2, 0.25) is 0 Å². The average Bonchev–Trinajstić information content (AvgIpc) is 3.69. The summed E-state index contributed by atoms with van der Waals surface area (Å²) in [5.41, 5.74) is 10.1. The predicted octanol–water partition coefficient (Wildman–Crippen LogP) is 8.16. The number of nitro benzene ring substituents is 1. The Labute approximate surface area is 279 Å². The Bertz CT molecular complexity index is 2570. The second-order valence-electron chi connectivity index (χ2n) is 12.9. The van der Waals surface area contributed by atoms with Gasteiger partial charge in [-0.25, -0.2) is 9.97 Å². The van der Waals surface area contributed by atoms with Crippen LogP contribution in [0.15, 0.2) is 120 Å². The van der Waals surface area contributed by atoms with Crippen molar-refractivity contribution in [3.63, 3.8) is 0 Å². The van der Waals surface area contributed by atoms with Crippen LogP contribution in [0.1, 0.15) is 54.2 Å². The van der Waals surface area contributed by atoms with E-state index in [9.17, 15) is 10.1 Å². The molecule has 49 heavy (non-hydrogen) atoms. The first-order chi connectivity index (χ1) is 23.8. The number of carbonyl (C=O) groups is 2. The van der Waals surface area contributed by atoms with Crippen LogP contribution in [-0.4, -0.2) is 26.5 Å². The lowest BCUT2D eigenvalue weighted by molar-refractivity contribution is -0.384. The molecule has 0 saturated carbocycles. The van der Waals surface area contributed by atoms with Crippen LogP contribution >= 0.6 is 0 Å². The van der Waals surface area contributed by atoms with E-state index in [2.05, 4.69) is 0 Å². The largest absolute Gasteiger partial charge is 0.308 e. The molecule has 10 rings (SSSR count). The molecular weight excluding hydrogens is 612 g/mol. The lowest BCUT2D eigenvalue weighted by Gasteiger charge is -2.42. The van der Waals surface area contributed by atoms with Crippen molar-refractivity contribution in [3.05, 3.63) is 175 Å². The molecule has 4 aliphatic rings. The van der Waals surface area contributed by atoms with Gasteiger partial charge in [-0.2, -0.15) is 0 Å². The Kier molecular flexibility index (Phi) is 5.23. The Balaban J connectivity index is 1.41. The number of anilines is 1. The first kappa shape index (κ1) is 27.6. The molecule has 8 heteroatoms. The molecule has 0 unspecified atom stereocenters. The van der Waals surface area contributed by atoms with Gasteiger partial charge in [0.25, 0.3) is 5.69 Å². The van der Waals surface area contributed by atoms with Crippen LogP contribution < -0.4 is 4.90 Å². The maximum absolute atomic E-state index is 15.1. The molecule has 1 aromatic heterocycles. The van der Waals surface area contributed by atoms with Gasteiger partial charge in [0.1, 0.15) is 5.41 Å². The monoisotopic (exact) mass is 636 g/mol. The summed E-state index contributed by atoms with van der Waals surface area (Å²) in [7, 11) is 0. The van der Waals surface area contributed by atoms with E-state index in [0.29, 0.717) is 56.3 Å². The molecule has 0 saturated heterocycles. The van der Waals surface area contributed by atoms with Crippen molar-refractivity contribution in [2.24, 2.45) is 0 Å². The second-order valence-corrected chi connectivity index (χ2v) is 12.9. The first-order valence-electron chi connectivity index (χ1n) is 16.0. The summed E-state index contributed by atoms with van der Waals surface area (Å²) in [5, 5.41) is 11.7. The number of aryl methyl sites for hydroxylation is 2. The van der Waals surface area contributed by atoms with Crippen molar-refractivity contribution in [1.29, 1.82) is 0 Å². The first-order valence-corrected chi connectivity index (χ1v) is 16.0. The van der Waals surface area contributed by atoms with Gasteiger partial charge in [-0.3, -0.25) is 19.7 Å². The highest BCUT2D eigenvalue weighted by Gasteiger charge is 2.63. The molecule has 1 spiro atoms. The lowest BCUT2D eigenvalue weighted by atomic mass is 9.64. The van der Waals surface area contributed by atoms with Crippen molar-refractivity contribution >= 4 is 45.4 Å². The summed E-state index contributed by atoms with van der Waals surface area (Å²) in [6, 6.07) is 33.1. The van der Waals surface area contributed by atoms with Gasteiger partial charge >= 0.3 is 0 Å². The van der Waals surface area contributed by atoms with Gasteiger partial charge in [0.05, 0.1) is 38.7 Å². The van der Waals surface area contributed by atoms with Crippen molar-refractivity contribution in [3.8, 4) is 11.3 Å². The summed E-state index contributed by atoms with van der Waals surface area (Å²) in [6.45, 7) is 4.08. The molecular formula is C41H24N4O4. The molecule has 0 N–H and O–H groups in total. The third-order valence-corrected chi connectivity index (χ3v) is 10.5. The van der Waals surface area contributed by atoms with E-state index in [4.69, 9.17) is 9.97 Å². The number of ketones is 2. The SMILES string of the molecule is Cc1cc2nc3c(nc2cc1C)C1(C2=C(c4ccccc4C2=O)N(c2ccc([N+](=O)[O-])cc2)C2=C1C(=O)c1ccccc12)c1ccccc1-3. The van der Waals surface area contributed by atoms with E-state index in [-0.39, 0.29) is 17.3 Å². The highest BCUT2D eigenvalue weighted by Crippen LogP contribution is 2.66. The van der Waals surface area contributed by atoms with Gasteiger partial charge in [-0.15, -0.1) is 0 Å². The lowest BCUT2D eigenvalue weighted by Crippen LogP contribution is -2.42. The number of hydrogen-bond donors (Lipinski definition) is 0. The number of carbonyl (C=O) groups excluding carboxylic acids is 2. The van der Waals surface area contributed by atoms with Crippen LogP contribution in [0.4, 0.5) is 11.4 Å². The molecule has 3 aliphatic carbocycles. The van der Waals surface area contributed by atoms with Crippen molar-refractivity contribution < 1.29 is 14.5 Å². The number of nitro groups is 1. The number of Topliss-reactive ketones (excluding diaryl/α,β-unsaturated/α-hetero) is 2. The predicted molar refractivity (Wildman–Crippen MR) is 186 cm³/mol. The van der Waals surface area contributed by atoms with E-state index in [0.717, 1.165) is 38.9 Å². The molecule has 0 fully saturated rings. The van der Waals surface area contributed by atoms with Crippen molar-refractivity contribution in [1.82, 2.24) is 9.97 Å². The number of aromatic nitrogens is 2. The minimum atomic E-state index is -1.39. The van der Waals surface area contributed by atoms with Gasteiger partial charge in [-0.1, -0.05) is 72.8 Å².